The predicted octanol–water partition coefficient (Wildman–Crippen LogP) is -0.835. The third-order valence-corrected chi connectivity index (χ3v) is 1.86. The van der Waals surface area contributed by atoms with Crippen LogP contribution in [0.3, 0.4) is 0 Å². The summed E-state index contributed by atoms with van der Waals surface area (Å²) in [7, 11) is 0. The zero-order valence-electron chi connectivity index (χ0n) is 8.05. The van der Waals surface area contributed by atoms with Crippen molar-refractivity contribution in [3.8, 4) is 0 Å². The Kier molecular flexibility index (Phi) is 4.06. The van der Waals surface area contributed by atoms with Crippen LogP contribution in [0.1, 0.15) is 13.3 Å². The molecule has 0 aliphatic carbocycles. The molecule has 0 saturated heterocycles. The first kappa shape index (κ1) is 10.6. The van der Waals surface area contributed by atoms with Crippen LogP contribution >= 0.6 is 0 Å². The Balaban J connectivity index is 2.35. The summed E-state index contributed by atoms with van der Waals surface area (Å²) in [4.78, 5) is 11.3. The molecule has 14 heavy (non-hydrogen) atoms. The van der Waals surface area contributed by atoms with Gasteiger partial charge in [-0.3, -0.25) is 4.79 Å². The van der Waals surface area contributed by atoms with Gasteiger partial charge in [0.15, 0.2) is 0 Å². The Bertz CT molecular complexity index is 269. The normalized spacial score (nSPS) is 12.4. The highest BCUT2D eigenvalue weighted by Crippen LogP contribution is 1.89. The van der Waals surface area contributed by atoms with Crippen LogP contribution in [-0.4, -0.2) is 38.7 Å². The van der Waals surface area contributed by atoms with Crippen LogP contribution in [-0.2, 0) is 11.3 Å². The number of rotatable bonds is 5. The molecule has 0 aromatic carbocycles. The molecule has 0 radical (unpaired) electrons. The van der Waals surface area contributed by atoms with E-state index in [4.69, 9.17) is 5.11 Å². The van der Waals surface area contributed by atoms with Gasteiger partial charge in [-0.1, -0.05) is 12.1 Å². The number of hydrogen-bond donors (Lipinski definition) is 2. The lowest BCUT2D eigenvalue weighted by atomic mass is 10.2. The Morgan fingerprint density at radius 3 is 3.00 bits per heavy atom. The first-order valence-corrected chi connectivity index (χ1v) is 4.50. The van der Waals surface area contributed by atoms with Crippen molar-refractivity contribution in [1.82, 2.24) is 20.3 Å². The van der Waals surface area contributed by atoms with E-state index in [9.17, 15) is 4.79 Å². The molecule has 0 bridgehead atoms. The van der Waals surface area contributed by atoms with Crippen LogP contribution < -0.4 is 5.32 Å². The van der Waals surface area contributed by atoms with Crippen molar-refractivity contribution in [3.63, 3.8) is 0 Å². The lowest BCUT2D eigenvalue weighted by Gasteiger charge is -2.13. The predicted molar refractivity (Wildman–Crippen MR) is 49.3 cm³/mol. The average molecular weight is 198 g/mol. The molecule has 6 nitrogen and oxygen atoms in total. The van der Waals surface area contributed by atoms with E-state index in [2.05, 4.69) is 15.6 Å². The number of nitrogens with one attached hydrogen (secondary N) is 1. The fourth-order valence-corrected chi connectivity index (χ4v) is 1.01. The van der Waals surface area contributed by atoms with E-state index in [-0.39, 0.29) is 25.1 Å². The summed E-state index contributed by atoms with van der Waals surface area (Å²) < 4.78 is 1.43. The quantitative estimate of drug-likeness (QED) is 0.647. The van der Waals surface area contributed by atoms with E-state index in [0.29, 0.717) is 6.42 Å². The largest absolute Gasteiger partial charge is 0.394 e. The van der Waals surface area contributed by atoms with Crippen molar-refractivity contribution in [3.05, 3.63) is 12.4 Å². The summed E-state index contributed by atoms with van der Waals surface area (Å²) in [6.07, 6.45) is 3.83. The van der Waals surface area contributed by atoms with E-state index >= 15 is 0 Å². The van der Waals surface area contributed by atoms with E-state index in [1.807, 2.05) is 6.92 Å². The molecular formula is C8H14N4O2. The fourth-order valence-electron chi connectivity index (χ4n) is 1.01. The van der Waals surface area contributed by atoms with Gasteiger partial charge in [-0.15, -0.1) is 5.10 Å². The highest BCUT2D eigenvalue weighted by atomic mass is 16.3. The molecule has 78 valence electrons. The standard InChI is InChI=1S/C8H14N4O2/c1-2-7(6-13)10-8(14)5-12-4-3-9-11-12/h3-4,7,13H,2,5-6H2,1H3,(H,10,14)/t7-/m1/s1. The first-order chi connectivity index (χ1) is 6.76. The summed E-state index contributed by atoms with van der Waals surface area (Å²) in [5, 5.41) is 18.8. The molecule has 0 aliphatic rings. The van der Waals surface area contributed by atoms with Crippen molar-refractivity contribution in [2.45, 2.75) is 25.9 Å². The molecule has 1 aromatic rings. The minimum Gasteiger partial charge on any atom is -0.394 e. The van der Waals surface area contributed by atoms with Crippen LogP contribution in [0.4, 0.5) is 0 Å². The van der Waals surface area contributed by atoms with E-state index in [1.54, 1.807) is 6.20 Å². The van der Waals surface area contributed by atoms with E-state index in [1.165, 1.54) is 10.9 Å². The van der Waals surface area contributed by atoms with Gasteiger partial charge in [-0.25, -0.2) is 4.68 Å². The number of amides is 1. The summed E-state index contributed by atoms with van der Waals surface area (Å²) in [6, 6.07) is -0.175. The minimum atomic E-state index is -0.175. The van der Waals surface area contributed by atoms with Gasteiger partial charge in [0.2, 0.25) is 5.91 Å². The molecule has 1 atom stereocenters. The van der Waals surface area contributed by atoms with Crippen LogP contribution in [0.5, 0.6) is 0 Å². The summed E-state index contributed by atoms with van der Waals surface area (Å²) in [5.74, 6) is -0.170. The van der Waals surface area contributed by atoms with Crippen LogP contribution in [0.2, 0.25) is 0 Å². The van der Waals surface area contributed by atoms with Crippen LogP contribution in [0.15, 0.2) is 12.4 Å². The van der Waals surface area contributed by atoms with Crippen molar-refractivity contribution in [1.29, 1.82) is 0 Å². The SMILES string of the molecule is CC[C@H](CO)NC(=O)Cn1ccnn1. The molecule has 0 spiro atoms. The maximum Gasteiger partial charge on any atom is 0.242 e. The van der Waals surface area contributed by atoms with Gasteiger partial charge in [0.25, 0.3) is 0 Å². The number of carbonyl (C=O) groups is 1. The van der Waals surface area contributed by atoms with Crippen molar-refractivity contribution < 1.29 is 9.90 Å². The zero-order valence-corrected chi connectivity index (χ0v) is 8.05. The van der Waals surface area contributed by atoms with Crippen LogP contribution in [0, 0.1) is 0 Å². The number of carbonyl (C=O) groups excluding carboxylic acids is 1. The topological polar surface area (TPSA) is 80.0 Å². The molecule has 1 aromatic heterocycles. The Hall–Kier alpha value is -1.43. The van der Waals surface area contributed by atoms with Crippen LogP contribution in [0.25, 0.3) is 0 Å². The molecule has 6 heteroatoms. The molecule has 2 N–H and O–H groups in total. The summed E-state index contributed by atoms with van der Waals surface area (Å²) in [6.45, 7) is 1.99. The molecule has 1 amide bonds. The average Bonchev–Trinajstić information content (AvgIpc) is 2.66. The lowest BCUT2D eigenvalue weighted by molar-refractivity contribution is -0.122. The number of nitrogens with zero attached hydrogens (tertiary/aromatic N) is 3. The number of hydrogen-bond acceptors (Lipinski definition) is 4. The number of aliphatic hydroxyl groups is 1. The second-order valence-electron chi connectivity index (χ2n) is 2.96. The summed E-state index contributed by atoms with van der Waals surface area (Å²) in [5.41, 5.74) is 0. The minimum absolute atomic E-state index is 0.0421. The smallest absolute Gasteiger partial charge is 0.242 e. The molecule has 1 rings (SSSR count). The number of aliphatic hydroxyl groups excluding tert-OH is 1. The molecule has 0 aliphatic heterocycles. The highest BCUT2D eigenvalue weighted by molar-refractivity contribution is 5.75. The van der Waals surface area contributed by atoms with Crippen molar-refractivity contribution in [2.75, 3.05) is 6.61 Å². The van der Waals surface area contributed by atoms with Gasteiger partial charge in [0.05, 0.1) is 18.8 Å². The lowest BCUT2D eigenvalue weighted by Crippen LogP contribution is -2.38. The van der Waals surface area contributed by atoms with Gasteiger partial charge >= 0.3 is 0 Å². The fraction of sp³-hybridized carbons (Fsp3) is 0.625. The van der Waals surface area contributed by atoms with Gasteiger partial charge in [0, 0.05) is 6.20 Å². The second-order valence-corrected chi connectivity index (χ2v) is 2.96. The second kappa shape index (κ2) is 5.33. The molecule has 1 heterocycles. The van der Waals surface area contributed by atoms with Crippen molar-refractivity contribution in [2.24, 2.45) is 0 Å². The van der Waals surface area contributed by atoms with Gasteiger partial charge < -0.3 is 10.4 Å². The third-order valence-electron chi connectivity index (χ3n) is 1.86. The van der Waals surface area contributed by atoms with Crippen molar-refractivity contribution >= 4 is 5.91 Å². The van der Waals surface area contributed by atoms with Gasteiger partial charge in [-0.05, 0) is 6.42 Å². The third kappa shape index (κ3) is 3.14. The first-order valence-electron chi connectivity index (χ1n) is 4.50. The maximum atomic E-state index is 11.3. The summed E-state index contributed by atoms with van der Waals surface area (Å²) >= 11 is 0. The highest BCUT2D eigenvalue weighted by Gasteiger charge is 2.09. The number of aromatic nitrogens is 3. The monoisotopic (exact) mass is 198 g/mol. The maximum absolute atomic E-state index is 11.3. The molecule has 0 fully saturated rings. The Labute approximate surface area is 81.9 Å². The van der Waals surface area contributed by atoms with E-state index in [0.717, 1.165) is 0 Å². The molecule has 0 unspecified atom stereocenters. The molecular weight excluding hydrogens is 184 g/mol. The Morgan fingerprint density at radius 1 is 1.71 bits per heavy atom. The Morgan fingerprint density at radius 2 is 2.50 bits per heavy atom. The van der Waals surface area contributed by atoms with Gasteiger partial charge in [0.1, 0.15) is 6.54 Å². The van der Waals surface area contributed by atoms with E-state index < -0.39 is 0 Å². The zero-order chi connectivity index (χ0) is 10.4. The van der Waals surface area contributed by atoms with Gasteiger partial charge in [-0.2, -0.15) is 0 Å². The molecule has 0 saturated carbocycles.